The number of halogens is 2. The second-order valence-corrected chi connectivity index (χ2v) is 11.1. The SMILES string of the molecule is N/C(=N/S(=O)(=O)CC1CCCCC1)NCCCNc1nonc1-c1noc(=O)n1-c1ccc(F)c(Br)c1. The Morgan fingerprint density at radius 3 is 2.76 bits per heavy atom. The molecule has 13 nitrogen and oxygen atoms in total. The van der Waals surface area contributed by atoms with E-state index in [2.05, 4.69) is 46.4 Å². The van der Waals surface area contributed by atoms with Crippen molar-refractivity contribution in [2.24, 2.45) is 16.0 Å². The summed E-state index contributed by atoms with van der Waals surface area (Å²) in [6.45, 7) is 0.695. The maximum atomic E-state index is 13.6. The van der Waals surface area contributed by atoms with E-state index >= 15 is 0 Å². The summed E-state index contributed by atoms with van der Waals surface area (Å²) in [4.78, 5) is 12.3. The van der Waals surface area contributed by atoms with E-state index in [1.54, 1.807) is 0 Å². The number of hydrogen-bond donors (Lipinski definition) is 3. The summed E-state index contributed by atoms with van der Waals surface area (Å²) in [5.41, 5.74) is 6.16. The number of nitrogens with two attached hydrogens (primary N) is 1. The Labute approximate surface area is 219 Å². The van der Waals surface area contributed by atoms with Crippen molar-refractivity contribution in [2.75, 3.05) is 24.2 Å². The van der Waals surface area contributed by atoms with Gasteiger partial charge in [-0.25, -0.2) is 26.8 Å². The number of benzene rings is 1. The van der Waals surface area contributed by atoms with Crippen molar-refractivity contribution in [1.29, 1.82) is 0 Å². The Balaban J connectivity index is 1.32. The number of hydrogen-bond acceptors (Lipinski definition) is 9. The van der Waals surface area contributed by atoms with Gasteiger partial charge < -0.3 is 16.4 Å². The quantitative estimate of drug-likeness (QED) is 0.176. The monoisotopic (exact) mass is 600 g/mol. The third kappa shape index (κ3) is 6.94. The van der Waals surface area contributed by atoms with Gasteiger partial charge >= 0.3 is 5.76 Å². The van der Waals surface area contributed by atoms with Gasteiger partial charge in [-0.15, -0.1) is 4.40 Å². The lowest BCUT2D eigenvalue weighted by Gasteiger charge is -2.20. The molecule has 1 aliphatic carbocycles. The van der Waals surface area contributed by atoms with Crippen LogP contribution in [0.5, 0.6) is 0 Å². The maximum Gasteiger partial charge on any atom is 0.446 e. The zero-order valence-corrected chi connectivity index (χ0v) is 22.1. The van der Waals surface area contributed by atoms with E-state index in [4.69, 9.17) is 14.9 Å². The van der Waals surface area contributed by atoms with Crippen LogP contribution in [0.2, 0.25) is 0 Å². The molecule has 3 aromatic rings. The number of guanidine groups is 1. The van der Waals surface area contributed by atoms with E-state index in [-0.39, 0.29) is 39.4 Å². The normalized spacial score (nSPS) is 15.1. The summed E-state index contributed by atoms with van der Waals surface area (Å²) < 4.78 is 52.7. The van der Waals surface area contributed by atoms with Crippen LogP contribution in [0.1, 0.15) is 38.5 Å². The highest BCUT2D eigenvalue weighted by Gasteiger charge is 2.23. The first-order valence-electron chi connectivity index (χ1n) is 11.7. The van der Waals surface area contributed by atoms with Crippen molar-refractivity contribution in [3.05, 3.63) is 39.0 Å². The molecule has 1 saturated carbocycles. The molecule has 0 aliphatic heterocycles. The van der Waals surface area contributed by atoms with Crippen molar-refractivity contribution in [1.82, 2.24) is 25.4 Å². The van der Waals surface area contributed by atoms with Gasteiger partial charge in [0.05, 0.1) is 15.9 Å². The van der Waals surface area contributed by atoms with E-state index in [0.717, 1.165) is 36.7 Å². The lowest BCUT2D eigenvalue weighted by Crippen LogP contribution is -2.34. The summed E-state index contributed by atoms with van der Waals surface area (Å²) in [5, 5.41) is 17.1. The summed E-state index contributed by atoms with van der Waals surface area (Å²) in [6, 6.07) is 3.97. The summed E-state index contributed by atoms with van der Waals surface area (Å²) in [7, 11) is -3.64. The number of aromatic nitrogens is 4. The van der Waals surface area contributed by atoms with Gasteiger partial charge in [0.15, 0.2) is 5.69 Å². The highest BCUT2D eigenvalue weighted by molar-refractivity contribution is 9.10. The largest absolute Gasteiger partial charge is 0.446 e. The Morgan fingerprint density at radius 2 is 2.00 bits per heavy atom. The first-order chi connectivity index (χ1) is 17.7. The molecule has 0 saturated heterocycles. The van der Waals surface area contributed by atoms with Gasteiger partial charge in [-0.2, -0.15) is 0 Å². The molecule has 0 bridgehead atoms. The molecular formula is C21H26BrFN8O5S. The molecule has 16 heteroatoms. The van der Waals surface area contributed by atoms with E-state index in [9.17, 15) is 17.6 Å². The third-order valence-corrected chi connectivity index (χ3v) is 7.80. The minimum Gasteiger partial charge on any atom is -0.369 e. The molecule has 200 valence electrons. The van der Waals surface area contributed by atoms with Crippen LogP contribution in [-0.2, 0) is 10.0 Å². The molecule has 1 aliphatic rings. The predicted octanol–water partition coefficient (Wildman–Crippen LogP) is 2.39. The van der Waals surface area contributed by atoms with Crippen LogP contribution in [0, 0.1) is 11.7 Å². The fourth-order valence-electron chi connectivity index (χ4n) is 4.09. The molecular weight excluding hydrogens is 575 g/mol. The predicted molar refractivity (Wildman–Crippen MR) is 136 cm³/mol. The van der Waals surface area contributed by atoms with Gasteiger partial charge in [-0.3, -0.25) is 4.52 Å². The van der Waals surface area contributed by atoms with Gasteiger partial charge in [-0.1, -0.05) is 24.4 Å². The minimum absolute atomic E-state index is 0.00457. The van der Waals surface area contributed by atoms with Crippen LogP contribution < -0.4 is 22.1 Å². The number of anilines is 1. The van der Waals surface area contributed by atoms with Crippen LogP contribution in [-0.4, -0.2) is 53.3 Å². The second-order valence-electron chi connectivity index (χ2n) is 8.60. The lowest BCUT2D eigenvalue weighted by molar-refractivity contribution is 0.309. The van der Waals surface area contributed by atoms with Crippen molar-refractivity contribution < 1.29 is 22.0 Å². The molecule has 1 fully saturated rings. The molecule has 0 spiro atoms. The lowest BCUT2D eigenvalue weighted by atomic mass is 9.91. The number of rotatable bonds is 10. The van der Waals surface area contributed by atoms with Crippen LogP contribution in [0.3, 0.4) is 0 Å². The van der Waals surface area contributed by atoms with Crippen molar-refractivity contribution in [3.8, 4) is 17.2 Å². The van der Waals surface area contributed by atoms with E-state index in [0.29, 0.717) is 25.2 Å². The number of nitrogens with zero attached hydrogens (tertiary/aromatic N) is 5. The Morgan fingerprint density at radius 1 is 1.22 bits per heavy atom. The fourth-order valence-corrected chi connectivity index (χ4v) is 5.82. The number of sulfonamides is 1. The zero-order valence-electron chi connectivity index (χ0n) is 19.7. The van der Waals surface area contributed by atoms with E-state index in [1.165, 1.54) is 18.2 Å². The molecule has 2 aromatic heterocycles. The first-order valence-corrected chi connectivity index (χ1v) is 14.1. The summed E-state index contributed by atoms with van der Waals surface area (Å²) in [5.74, 6) is -1.11. The standard InChI is InChI=1S/C21H26BrFN8O5S/c22-15-11-14(7-8-16(15)23)31-19(29-35-21(31)32)17-18(28-36-27-17)25-9-4-10-26-20(24)30-37(33,34)12-13-5-2-1-3-6-13/h7-8,11,13H,1-6,9-10,12H2,(H,25,28)(H3,24,26,30). The van der Waals surface area contributed by atoms with Crippen LogP contribution in [0.15, 0.2) is 41.0 Å². The minimum atomic E-state index is -3.64. The summed E-state index contributed by atoms with van der Waals surface area (Å²) in [6.07, 6.45) is 5.55. The Hall–Kier alpha value is -3.27. The number of nitrogens with one attached hydrogen (secondary N) is 2. The average Bonchev–Trinajstić information content (AvgIpc) is 3.46. The summed E-state index contributed by atoms with van der Waals surface area (Å²) >= 11 is 3.08. The van der Waals surface area contributed by atoms with Gasteiger partial charge in [0, 0.05) is 13.1 Å². The van der Waals surface area contributed by atoms with Gasteiger partial charge in [0.1, 0.15) is 5.82 Å². The molecule has 37 heavy (non-hydrogen) atoms. The average molecular weight is 601 g/mol. The van der Waals surface area contributed by atoms with Crippen LogP contribution in [0.25, 0.3) is 17.2 Å². The zero-order chi connectivity index (χ0) is 26.4. The molecule has 0 unspecified atom stereocenters. The smallest absolute Gasteiger partial charge is 0.369 e. The molecule has 0 atom stereocenters. The molecule has 4 rings (SSSR count). The van der Waals surface area contributed by atoms with E-state index < -0.39 is 21.6 Å². The van der Waals surface area contributed by atoms with Crippen LogP contribution in [0.4, 0.5) is 10.2 Å². The molecule has 4 N–H and O–H groups in total. The molecule has 2 heterocycles. The van der Waals surface area contributed by atoms with Gasteiger partial charge in [-0.05, 0) is 69.6 Å². The van der Waals surface area contributed by atoms with Crippen LogP contribution >= 0.6 is 15.9 Å². The third-order valence-electron chi connectivity index (χ3n) is 5.83. The highest BCUT2D eigenvalue weighted by atomic mass is 79.9. The first kappa shape index (κ1) is 26.8. The maximum absolute atomic E-state index is 13.6. The molecule has 0 amide bonds. The Kier molecular flexibility index (Phi) is 8.58. The second kappa shape index (κ2) is 11.9. The fraction of sp³-hybridized carbons (Fsp3) is 0.476. The van der Waals surface area contributed by atoms with Crippen molar-refractivity contribution in [3.63, 3.8) is 0 Å². The van der Waals surface area contributed by atoms with E-state index in [1.807, 2.05) is 0 Å². The molecule has 1 aromatic carbocycles. The van der Waals surface area contributed by atoms with Crippen molar-refractivity contribution in [2.45, 2.75) is 38.5 Å². The van der Waals surface area contributed by atoms with Gasteiger partial charge in [0.2, 0.25) is 17.6 Å². The Bertz CT molecular complexity index is 1410. The van der Waals surface area contributed by atoms with Gasteiger partial charge in [0.25, 0.3) is 10.0 Å². The highest BCUT2D eigenvalue weighted by Crippen LogP contribution is 2.27. The molecule has 0 radical (unpaired) electrons. The van der Waals surface area contributed by atoms with Crippen molar-refractivity contribution >= 4 is 37.7 Å². The topological polar surface area (TPSA) is 184 Å².